The summed E-state index contributed by atoms with van der Waals surface area (Å²) in [6.07, 6.45) is 1.31. The molecule has 0 spiro atoms. The minimum Gasteiger partial charge on any atom is -0.480 e. The number of amides is 2. The Kier molecular flexibility index (Phi) is 4.66. The lowest BCUT2D eigenvalue weighted by atomic mass is 9.88. The highest BCUT2D eigenvalue weighted by Gasteiger charge is 2.42. The Bertz CT molecular complexity index is 357. The van der Waals surface area contributed by atoms with Gasteiger partial charge in [-0.3, -0.25) is 19.8 Å². The van der Waals surface area contributed by atoms with E-state index >= 15 is 0 Å². The number of rotatable bonds is 3. The molecule has 1 heterocycles. The fraction of sp³-hybridized carbons (Fsp3) is 0.727. The Morgan fingerprint density at radius 2 is 2.06 bits per heavy atom. The second-order valence-corrected chi connectivity index (χ2v) is 4.50. The van der Waals surface area contributed by atoms with Gasteiger partial charge in [-0.25, -0.2) is 4.79 Å². The van der Waals surface area contributed by atoms with Gasteiger partial charge in [0.05, 0.1) is 13.7 Å². The molecule has 18 heavy (non-hydrogen) atoms. The van der Waals surface area contributed by atoms with Gasteiger partial charge in [-0.15, -0.1) is 0 Å². The number of aliphatic carboxylic acids is 1. The van der Waals surface area contributed by atoms with E-state index in [1.807, 2.05) is 5.32 Å². The van der Waals surface area contributed by atoms with Crippen LogP contribution in [-0.2, 0) is 14.3 Å². The fourth-order valence-corrected chi connectivity index (χ4v) is 2.05. The summed E-state index contributed by atoms with van der Waals surface area (Å²) in [7, 11) is 1.16. The lowest BCUT2D eigenvalue weighted by Crippen LogP contribution is -2.57. The molecule has 7 nitrogen and oxygen atoms in total. The maximum atomic E-state index is 11.5. The number of carboxylic acids is 1. The number of alkyl carbamates (subject to hydrolysis) is 1. The maximum Gasteiger partial charge on any atom is 0.413 e. The van der Waals surface area contributed by atoms with Gasteiger partial charge in [0.25, 0.3) is 0 Å². The minimum absolute atomic E-state index is 0.127. The summed E-state index contributed by atoms with van der Waals surface area (Å²) in [6.45, 7) is 2.00. The molecule has 1 unspecified atom stereocenters. The number of carboxylic acid groups (broad SMARTS) is 1. The van der Waals surface area contributed by atoms with Crippen LogP contribution in [0.15, 0.2) is 0 Å². The van der Waals surface area contributed by atoms with Crippen LogP contribution in [-0.4, -0.2) is 53.7 Å². The molecule has 1 aliphatic heterocycles. The molecule has 0 saturated carbocycles. The zero-order valence-electron chi connectivity index (χ0n) is 10.6. The number of nitrogens with zero attached hydrogens (tertiary/aromatic N) is 1. The van der Waals surface area contributed by atoms with E-state index in [-0.39, 0.29) is 6.54 Å². The largest absolute Gasteiger partial charge is 0.480 e. The second kappa shape index (κ2) is 5.81. The highest BCUT2D eigenvalue weighted by molar-refractivity contribution is 5.93. The van der Waals surface area contributed by atoms with Crippen molar-refractivity contribution in [2.24, 2.45) is 0 Å². The predicted molar refractivity (Wildman–Crippen MR) is 62.0 cm³/mol. The van der Waals surface area contributed by atoms with Gasteiger partial charge in [-0.1, -0.05) is 0 Å². The SMILES string of the molecule is COC(=O)NC(=O)CN1CCCCC1(C)C(=O)O. The van der Waals surface area contributed by atoms with E-state index in [4.69, 9.17) is 0 Å². The van der Waals surface area contributed by atoms with Crippen LogP contribution in [0.5, 0.6) is 0 Å². The summed E-state index contributed by atoms with van der Waals surface area (Å²) in [5, 5.41) is 11.3. The second-order valence-electron chi connectivity index (χ2n) is 4.50. The molecule has 2 amide bonds. The number of hydrogen-bond donors (Lipinski definition) is 2. The standard InChI is InChI=1S/C11H18N2O5/c1-11(9(15)16)5-3-4-6-13(11)7-8(14)12-10(17)18-2/h3-7H2,1-2H3,(H,15,16)(H,12,14,17). The molecule has 0 bridgehead atoms. The molecule has 102 valence electrons. The highest BCUT2D eigenvalue weighted by atomic mass is 16.5. The lowest BCUT2D eigenvalue weighted by Gasteiger charge is -2.40. The van der Waals surface area contributed by atoms with Gasteiger partial charge < -0.3 is 9.84 Å². The molecule has 2 N–H and O–H groups in total. The molecule has 7 heteroatoms. The monoisotopic (exact) mass is 258 g/mol. The molecule has 0 aromatic heterocycles. The summed E-state index contributed by atoms with van der Waals surface area (Å²) in [4.78, 5) is 35.3. The molecule has 0 aromatic rings. The summed E-state index contributed by atoms with van der Waals surface area (Å²) >= 11 is 0. The van der Waals surface area contributed by atoms with Crippen LogP contribution < -0.4 is 5.32 Å². The third-order valence-electron chi connectivity index (χ3n) is 3.26. The number of hydrogen-bond acceptors (Lipinski definition) is 5. The molecule has 1 rings (SSSR count). The van der Waals surface area contributed by atoms with Gasteiger partial charge in [0.1, 0.15) is 5.54 Å². The number of carbonyl (C=O) groups is 3. The van der Waals surface area contributed by atoms with Crippen molar-refractivity contribution in [3.8, 4) is 0 Å². The van der Waals surface area contributed by atoms with Crippen molar-refractivity contribution in [3.63, 3.8) is 0 Å². The van der Waals surface area contributed by atoms with Crippen molar-refractivity contribution in [1.82, 2.24) is 10.2 Å². The van der Waals surface area contributed by atoms with Crippen molar-refractivity contribution < 1.29 is 24.2 Å². The minimum atomic E-state index is -1.05. The van der Waals surface area contributed by atoms with E-state index < -0.39 is 23.5 Å². The number of methoxy groups -OCH3 is 1. The number of nitrogens with one attached hydrogen (secondary N) is 1. The quantitative estimate of drug-likeness (QED) is 0.750. The molecule has 1 saturated heterocycles. The summed E-state index contributed by atoms with van der Waals surface area (Å²) in [5.74, 6) is -1.51. The van der Waals surface area contributed by atoms with Crippen LogP contribution in [0, 0.1) is 0 Å². The van der Waals surface area contributed by atoms with Crippen LogP contribution >= 0.6 is 0 Å². The molecule has 0 aliphatic carbocycles. The Morgan fingerprint density at radius 1 is 1.39 bits per heavy atom. The van der Waals surface area contributed by atoms with Gasteiger partial charge >= 0.3 is 12.1 Å². The van der Waals surface area contributed by atoms with Crippen LogP contribution in [0.25, 0.3) is 0 Å². The van der Waals surface area contributed by atoms with Crippen molar-refractivity contribution in [2.75, 3.05) is 20.2 Å². The van der Waals surface area contributed by atoms with Crippen molar-refractivity contribution in [2.45, 2.75) is 31.7 Å². The molecular formula is C11H18N2O5. The first-order valence-corrected chi connectivity index (χ1v) is 5.76. The first-order chi connectivity index (χ1) is 8.40. The molecule has 1 atom stereocenters. The molecule has 1 fully saturated rings. The zero-order valence-corrected chi connectivity index (χ0v) is 10.6. The Labute approximate surface area is 105 Å². The van der Waals surface area contributed by atoms with Crippen LogP contribution in [0.2, 0.25) is 0 Å². The van der Waals surface area contributed by atoms with Gasteiger partial charge in [-0.05, 0) is 32.7 Å². The third-order valence-corrected chi connectivity index (χ3v) is 3.26. The number of carbonyl (C=O) groups excluding carboxylic acids is 2. The van der Waals surface area contributed by atoms with Crippen LogP contribution in [0.1, 0.15) is 26.2 Å². The topological polar surface area (TPSA) is 95.9 Å². The smallest absolute Gasteiger partial charge is 0.413 e. The predicted octanol–water partition coefficient (Wildman–Crippen LogP) is 0.198. The number of likely N-dealkylation sites (tertiary alicyclic amines) is 1. The maximum absolute atomic E-state index is 11.5. The Morgan fingerprint density at radius 3 is 2.61 bits per heavy atom. The summed E-state index contributed by atoms with van der Waals surface area (Å²) in [6, 6.07) is 0. The molecular weight excluding hydrogens is 240 g/mol. The van der Waals surface area contributed by atoms with Gasteiger partial charge in [0.15, 0.2) is 0 Å². The number of piperidine rings is 1. The van der Waals surface area contributed by atoms with Gasteiger partial charge in [0, 0.05) is 0 Å². The average molecular weight is 258 g/mol. The summed E-state index contributed by atoms with van der Waals surface area (Å²) in [5.41, 5.74) is -1.05. The van der Waals surface area contributed by atoms with E-state index in [0.29, 0.717) is 13.0 Å². The molecule has 0 radical (unpaired) electrons. The van der Waals surface area contributed by atoms with E-state index in [1.54, 1.807) is 11.8 Å². The first kappa shape index (κ1) is 14.4. The van der Waals surface area contributed by atoms with Crippen LogP contribution in [0.4, 0.5) is 4.79 Å². The van der Waals surface area contributed by atoms with Crippen molar-refractivity contribution in [1.29, 1.82) is 0 Å². The molecule has 0 aromatic carbocycles. The third kappa shape index (κ3) is 3.19. The normalized spacial score (nSPS) is 24.3. The zero-order chi connectivity index (χ0) is 13.8. The first-order valence-electron chi connectivity index (χ1n) is 5.76. The van der Waals surface area contributed by atoms with E-state index in [1.165, 1.54) is 0 Å². The Hall–Kier alpha value is -1.63. The van der Waals surface area contributed by atoms with Crippen molar-refractivity contribution in [3.05, 3.63) is 0 Å². The fourth-order valence-electron chi connectivity index (χ4n) is 2.05. The summed E-state index contributed by atoms with van der Waals surface area (Å²) < 4.78 is 4.30. The van der Waals surface area contributed by atoms with E-state index in [9.17, 15) is 19.5 Å². The lowest BCUT2D eigenvalue weighted by molar-refractivity contribution is -0.153. The van der Waals surface area contributed by atoms with Crippen LogP contribution in [0.3, 0.4) is 0 Å². The number of ether oxygens (including phenoxy) is 1. The average Bonchev–Trinajstić information content (AvgIpc) is 2.31. The van der Waals surface area contributed by atoms with Gasteiger partial charge in [-0.2, -0.15) is 0 Å². The Balaban J connectivity index is 2.65. The number of imide groups is 1. The van der Waals surface area contributed by atoms with E-state index in [0.717, 1.165) is 20.0 Å². The van der Waals surface area contributed by atoms with E-state index in [2.05, 4.69) is 4.74 Å². The van der Waals surface area contributed by atoms with Crippen molar-refractivity contribution >= 4 is 18.0 Å². The van der Waals surface area contributed by atoms with Gasteiger partial charge in [0.2, 0.25) is 5.91 Å². The molecule has 1 aliphatic rings. The highest BCUT2D eigenvalue weighted by Crippen LogP contribution is 2.27.